The summed E-state index contributed by atoms with van der Waals surface area (Å²) in [5, 5.41) is 0. The number of pyridine rings is 1. The van der Waals surface area contributed by atoms with Crippen molar-refractivity contribution in [2.24, 2.45) is 5.73 Å². The number of hydrogen-bond acceptors (Lipinski definition) is 4. The highest BCUT2D eigenvalue weighted by Gasteiger charge is 2.18. The first kappa shape index (κ1) is 16.1. The van der Waals surface area contributed by atoms with Crippen LogP contribution in [0, 0.1) is 6.92 Å². The number of nitrogens with zero attached hydrogens (tertiary/aromatic N) is 3. The van der Waals surface area contributed by atoms with Gasteiger partial charge >= 0.3 is 0 Å². The fourth-order valence-electron chi connectivity index (χ4n) is 2.21. The quantitative estimate of drug-likeness (QED) is 0.776. The van der Waals surface area contributed by atoms with Crippen LogP contribution in [-0.4, -0.2) is 55.1 Å². The lowest BCUT2D eigenvalue weighted by Crippen LogP contribution is -2.38. The summed E-state index contributed by atoms with van der Waals surface area (Å²) < 4.78 is 0. The van der Waals surface area contributed by atoms with Crippen LogP contribution in [0.1, 0.15) is 30.6 Å². The molecule has 1 aromatic heterocycles. The van der Waals surface area contributed by atoms with Crippen molar-refractivity contribution in [3.05, 3.63) is 29.6 Å². The monoisotopic (exact) mass is 264 g/mol. The summed E-state index contributed by atoms with van der Waals surface area (Å²) in [7, 11) is 4.21. The molecule has 4 heteroatoms. The van der Waals surface area contributed by atoms with E-state index < -0.39 is 0 Å². The molecule has 1 heterocycles. The highest BCUT2D eigenvalue weighted by Crippen LogP contribution is 2.19. The van der Waals surface area contributed by atoms with Crippen molar-refractivity contribution in [3.63, 3.8) is 0 Å². The summed E-state index contributed by atoms with van der Waals surface area (Å²) in [5.41, 5.74) is 8.27. The topological polar surface area (TPSA) is 45.4 Å². The Balaban J connectivity index is 2.79. The lowest BCUT2D eigenvalue weighted by Gasteiger charge is -2.31. The summed E-state index contributed by atoms with van der Waals surface area (Å²) in [6.45, 7) is 8.02. The molecule has 1 aromatic rings. The van der Waals surface area contributed by atoms with Gasteiger partial charge in [-0.15, -0.1) is 0 Å². The second kappa shape index (κ2) is 8.25. The average molecular weight is 264 g/mol. The van der Waals surface area contributed by atoms with Crippen LogP contribution in [0.5, 0.6) is 0 Å². The lowest BCUT2D eigenvalue weighted by molar-refractivity contribution is 0.182. The van der Waals surface area contributed by atoms with Crippen molar-refractivity contribution >= 4 is 0 Å². The number of nitrogens with two attached hydrogens (primary N) is 1. The van der Waals surface area contributed by atoms with Gasteiger partial charge in [0, 0.05) is 37.6 Å². The van der Waals surface area contributed by atoms with Gasteiger partial charge in [0.1, 0.15) is 0 Å². The summed E-state index contributed by atoms with van der Waals surface area (Å²) in [4.78, 5) is 9.07. The molecule has 0 fully saturated rings. The summed E-state index contributed by atoms with van der Waals surface area (Å²) in [6.07, 6.45) is 3.11. The maximum atomic E-state index is 6.00. The zero-order valence-electron chi connectivity index (χ0n) is 12.8. The molecule has 2 N–H and O–H groups in total. The minimum Gasteiger partial charge on any atom is -0.329 e. The molecule has 0 radical (unpaired) electrons. The highest BCUT2D eigenvalue weighted by molar-refractivity contribution is 5.17. The molecule has 4 nitrogen and oxygen atoms in total. The molecule has 0 spiro atoms. The average Bonchev–Trinajstić information content (AvgIpc) is 2.38. The predicted octanol–water partition coefficient (Wildman–Crippen LogP) is 1.66. The lowest BCUT2D eigenvalue weighted by atomic mass is 10.1. The van der Waals surface area contributed by atoms with Crippen molar-refractivity contribution in [2.75, 3.05) is 40.3 Å². The highest BCUT2D eigenvalue weighted by atomic mass is 15.2. The summed E-state index contributed by atoms with van der Waals surface area (Å²) in [6, 6.07) is 4.49. The van der Waals surface area contributed by atoms with E-state index in [1.54, 1.807) is 0 Å². The van der Waals surface area contributed by atoms with Gasteiger partial charge in [-0.25, -0.2) is 0 Å². The third-order valence-corrected chi connectivity index (χ3v) is 3.33. The normalized spacial score (nSPS) is 13.2. The van der Waals surface area contributed by atoms with Gasteiger partial charge in [0.2, 0.25) is 0 Å². The molecule has 0 saturated carbocycles. The third kappa shape index (κ3) is 5.27. The van der Waals surface area contributed by atoms with Crippen molar-refractivity contribution in [1.29, 1.82) is 0 Å². The minimum atomic E-state index is 0.271. The molecule has 0 saturated heterocycles. The Morgan fingerprint density at radius 3 is 2.42 bits per heavy atom. The third-order valence-electron chi connectivity index (χ3n) is 3.33. The Kier molecular flexibility index (Phi) is 6.99. The van der Waals surface area contributed by atoms with Crippen molar-refractivity contribution in [2.45, 2.75) is 26.3 Å². The number of likely N-dealkylation sites (N-methyl/N-ethyl adjacent to an activating group) is 1. The Morgan fingerprint density at radius 2 is 1.95 bits per heavy atom. The molecule has 0 aliphatic heterocycles. The number of rotatable bonds is 8. The van der Waals surface area contributed by atoms with Crippen LogP contribution in [0.2, 0.25) is 0 Å². The van der Waals surface area contributed by atoms with Crippen LogP contribution in [0.4, 0.5) is 0 Å². The van der Waals surface area contributed by atoms with Crippen LogP contribution in [0.3, 0.4) is 0 Å². The van der Waals surface area contributed by atoms with E-state index >= 15 is 0 Å². The molecular weight excluding hydrogens is 236 g/mol. The van der Waals surface area contributed by atoms with Gasteiger partial charge < -0.3 is 10.6 Å². The van der Waals surface area contributed by atoms with E-state index in [0.29, 0.717) is 6.54 Å². The number of aryl methyl sites for hydroxylation is 1. The fourth-order valence-corrected chi connectivity index (χ4v) is 2.21. The Bertz CT molecular complexity index is 348. The van der Waals surface area contributed by atoms with Crippen molar-refractivity contribution < 1.29 is 0 Å². The number of hydrogen-bond donors (Lipinski definition) is 1. The van der Waals surface area contributed by atoms with Gasteiger partial charge in [-0.2, -0.15) is 0 Å². The Labute approximate surface area is 117 Å². The maximum Gasteiger partial charge on any atom is 0.0486 e. The number of aromatic nitrogens is 1. The molecule has 108 valence electrons. The van der Waals surface area contributed by atoms with Gasteiger partial charge in [0.05, 0.1) is 0 Å². The predicted molar refractivity (Wildman–Crippen MR) is 81.2 cm³/mol. The largest absolute Gasteiger partial charge is 0.329 e. The molecule has 0 aromatic carbocycles. The summed E-state index contributed by atoms with van der Waals surface area (Å²) in [5.74, 6) is 0. The SMILES string of the molecule is CCCN(CCN(C)C)C(CN)c1ccc(C)nc1. The van der Waals surface area contributed by atoms with Gasteiger partial charge in [-0.1, -0.05) is 13.0 Å². The standard InChI is InChI=1S/C15H28N4/c1-5-8-19(10-9-18(3)4)15(11-16)14-7-6-13(2)17-12-14/h6-7,12,15H,5,8-11,16H2,1-4H3. The smallest absolute Gasteiger partial charge is 0.0486 e. The van der Waals surface area contributed by atoms with Crippen LogP contribution >= 0.6 is 0 Å². The molecule has 1 unspecified atom stereocenters. The molecule has 1 atom stereocenters. The second-order valence-electron chi connectivity index (χ2n) is 5.32. The van der Waals surface area contributed by atoms with E-state index in [1.807, 2.05) is 13.1 Å². The minimum absolute atomic E-state index is 0.271. The molecule has 0 aliphatic rings. The van der Waals surface area contributed by atoms with E-state index in [4.69, 9.17) is 5.73 Å². The van der Waals surface area contributed by atoms with Crippen LogP contribution in [-0.2, 0) is 0 Å². The molecule has 19 heavy (non-hydrogen) atoms. The maximum absolute atomic E-state index is 6.00. The van der Waals surface area contributed by atoms with Gasteiger partial charge in [0.25, 0.3) is 0 Å². The molecule has 0 amide bonds. The molecule has 0 bridgehead atoms. The van der Waals surface area contributed by atoms with Crippen LogP contribution in [0.25, 0.3) is 0 Å². The molecular formula is C15H28N4. The van der Waals surface area contributed by atoms with E-state index in [2.05, 4.69) is 47.9 Å². The van der Waals surface area contributed by atoms with Crippen molar-refractivity contribution in [1.82, 2.24) is 14.8 Å². The van der Waals surface area contributed by atoms with Crippen LogP contribution in [0.15, 0.2) is 18.3 Å². The molecule has 0 aliphatic carbocycles. The first-order chi connectivity index (χ1) is 9.08. The van der Waals surface area contributed by atoms with Crippen LogP contribution < -0.4 is 5.73 Å². The first-order valence-corrected chi connectivity index (χ1v) is 7.09. The zero-order chi connectivity index (χ0) is 14.3. The van der Waals surface area contributed by atoms with E-state index in [1.165, 1.54) is 5.56 Å². The van der Waals surface area contributed by atoms with Gasteiger partial charge in [0.15, 0.2) is 0 Å². The van der Waals surface area contributed by atoms with Crippen molar-refractivity contribution in [3.8, 4) is 0 Å². The Morgan fingerprint density at radius 1 is 1.21 bits per heavy atom. The summed E-state index contributed by atoms with van der Waals surface area (Å²) >= 11 is 0. The van der Waals surface area contributed by atoms with E-state index in [-0.39, 0.29) is 6.04 Å². The van der Waals surface area contributed by atoms with E-state index in [9.17, 15) is 0 Å². The second-order valence-corrected chi connectivity index (χ2v) is 5.32. The molecule has 1 rings (SSSR count). The van der Waals surface area contributed by atoms with Gasteiger partial charge in [-0.3, -0.25) is 9.88 Å². The zero-order valence-corrected chi connectivity index (χ0v) is 12.8. The van der Waals surface area contributed by atoms with Gasteiger partial charge in [-0.05, 0) is 45.6 Å². The Hall–Kier alpha value is -0.970. The fraction of sp³-hybridized carbons (Fsp3) is 0.667. The first-order valence-electron chi connectivity index (χ1n) is 7.09. The van der Waals surface area contributed by atoms with E-state index in [0.717, 1.165) is 31.7 Å².